The Morgan fingerprint density at radius 2 is 2.16 bits per heavy atom. The van der Waals surface area contributed by atoms with Crippen molar-refractivity contribution in [3.05, 3.63) is 27.6 Å². The van der Waals surface area contributed by atoms with Crippen molar-refractivity contribution in [2.75, 3.05) is 6.54 Å². The lowest BCUT2D eigenvalue weighted by Crippen LogP contribution is -2.25. The number of thiophene rings is 1. The Morgan fingerprint density at radius 1 is 1.36 bits per heavy atom. The van der Waals surface area contributed by atoms with Crippen molar-refractivity contribution < 1.29 is 4.79 Å². The van der Waals surface area contributed by atoms with Gasteiger partial charge in [-0.2, -0.15) is 0 Å². The predicted molar refractivity (Wildman–Crippen MR) is 99.0 cm³/mol. The topological polar surface area (TPSA) is 81.3 Å². The van der Waals surface area contributed by atoms with Gasteiger partial charge >= 0.3 is 0 Å². The van der Waals surface area contributed by atoms with Crippen LogP contribution in [0.4, 0.5) is 0 Å². The summed E-state index contributed by atoms with van der Waals surface area (Å²) in [6, 6.07) is 1.92. The van der Waals surface area contributed by atoms with Crippen molar-refractivity contribution in [2.45, 2.75) is 39.5 Å². The molecule has 0 aliphatic rings. The highest BCUT2D eigenvalue weighted by molar-refractivity contribution is 7.17. The van der Waals surface area contributed by atoms with Crippen LogP contribution in [0.15, 0.2) is 16.2 Å². The Kier molecular flexibility index (Phi) is 5.17. The second-order valence-corrected chi connectivity index (χ2v) is 7.55. The van der Waals surface area contributed by atoms with E-state index in [0.29, 0.717) is 35.7 Å². The molecule has 3 rings (SSSR count). The molecule has 0 radical (unpaired) electrons. The van der Waals surface area contributed by atoms with Crippen LogP contribution in [0, 0.1) is 5.92 Å². The fraction of sp³-hybridized carbons (Fsp3) is 0.529. The van der Waals surface area contributed by atoms with Crippen LogP contribution >= 0.6 is 11.3 Å². The minimum absolute atomic E-state index is 0.0546. The minimum Gasteiger partial charge on any atom is -0.356 e. The summed E-state index contributed by atoms with van der Waals surface area (Å²) in [5.41, 5.74) is 0.783. The first-order chi connectivity index (χ1) is 12.0. The molecule has 3 aromatic rings. The molecule has 8 heteroatoms. The molecule has 0 bridgehead atoms. The molecule has 3 heterocycles. The standard InChI is InChI=1S/C17H23N5O2S/c1-11(2)7-9-18-14(23)6-4-5-13-19-20-17-21(3)16(24)15-12(22(13)17)8-10-25-15/h8,10-11H,4-7,9H2,1-3H3,(H,18,23). The fourth-order valence-corrected chi connectivity index (χ4v) is 3.66. The van der Waals surface area contributed by atoms with Crippen molar-refractivity contribution in [1.29, 1.82) is 0 Å². The van der Waals surface area contributed by atoms with E-state index in [-0.39, 0.29) is 11.5 Å². The molecule has 134 valence electrons. The van der Waals surface area contributed by atoms with Crippen molar-refractivity contribution in [3.63, 3.8) is 0 Å². The molecule has 25 heavy (non-hydrogen) atoms. The normalized spacial score (nSPS) is 11.7. The smallest absolute Gasteiger partial charge is 0.272 e. The molecule has 0 saturated heterocycles. The molecule has 3 aromatic heterocycles. The lowest BCUT2D eigenvalue weighted by molar-refractivity contribution is -0.121. The van der Waals surface area contributed by atoms with Gasteiger partial charge in [-0.25, -0.2) is 0 Å². The molecule has 0 aromatic carbocycles. The minimum atomic E-state index is -0.0546. The number of aryl methyl sites for hydroxylation is 2. The highest BCUT2D eigenvalue weighted by Crippen LogP contribution is 2.19. The van der Waals surface area contributed by atoms with Gasteiger partial charge in [0.25, 0.3) is 5.56 Å². The number of carbonyl (C=O) groups is 1. The molecule has 0 atom stereocenters. The Bertz CT molecular complexity index is 953. The van der Waals surface area contributed by atoms with Gasteiger partial charge in [0.2, 0.25) is 11.7 Å². The molecule has 0 saturated carbocycles. The number of fused-ring (bicyclic) bond motifs is 3. The second kappa shape index (κ2) is 7.35. The van der Waals surface area contributed by atoms with E-state index in [4.69, 9.17) is 0 Å². The third-order valence-electron chi connectivity index (χ3n) is 4.25. The third-order valence-corrected chi connectivity index (χ3v) is 5.14. The van der Waals surface area contributed by atoms with E-state index < -0.39 is 0 Å². The van der Waals surface area contributed by atoms with Gasteiger partial charge in [-0.1, -0.05) is 13.8 Å². The summed E-state index contributed by atoms with van der Waals surface area (Å²) in [6.07, 6.45) is 2.79. The summed E-state index contributed by atoms with van der Waals surface area (Å²) >= 11 is 1.42. The van der Waals surface area contributed by atoms with E-state index in [2.05, 4.69) is 29.4 Å². The molecule has 1 N–H and O–H groups in total. The van der Waals surface area contributed by atoms with Crippen molar-refractivity contribution in [2.24, 2.45) is 13.0 Å². The molecule has 7 nitrogen and oxygen atoms in total. The van der Waals surface area contributed by atoms with Crippen LogP contribution < -0.4 is 10.9 Å². The Labute approximate surface area is 149 Å². The maximum Gasteiger partial charge on any atom is 0.272 e. The predicted octanol–water partition coefficient (Wildman–Crippen LogP) is 2.13. The summed E-state index contributed by atoms with van der Waals surface area (Å²) in [4.78, 5) is 24.2. The van der Waals surface area contributed by atoms with Gasteiger partial charge in [0.15, 0.2) is 0 Å². The fourth-order valence-electron chi connectivity index (χ4n) is 2.81. The van der Waals surface area contributed by atoms with Crippen LogP contribution in [0.2, 0.25) is 0 Å². The summed E-state index contributed by atoms with van der Waals surface area (Å²) in [5, 5.41) is 13.2. The average Bonchev–Trinajstić information content (AvgIpc) is 3.19. The van der Waals surface area contributed by atoms with Crippen LogP contribution in [0.3, 0.4) is 0 Å². The summed E-state index contributed by atoms with van der Waals surface area (Å²) in [7, 11) is 1.71. The van der Waals surface area contributed by atoms with E-state index in [1.54, 1.807) is 7.05 Å². The molecule has 0 aliphatic carbocycles. The molecule has 0 spiro atoms. The number of aromatic nitrogens is 4. The first-order valence-electron chi connectivity index (χ1n) is 8.56. The number of hydrogen-bond acceptors (Lipinski definition) is 5. The lowest BCUT2D eigenvalue weighted by Gasteiger charge is -2.07. The average molecular weight is 361 g/mol. The number of hydrogen-bond donors (Lipinski definition) is 1. The molecule has 0 unspecified atom stereocenters. The van der Waals surface area contributed by atoms with E-state index in [1.165, 1.54) is 15.9 Å². The van der Waals surface area contributed by atoms with Crippen LogP contribution in [0.1, 0.15) is 38.9 Å². The van der Waals surface area contributed by atoms with Gasteiger partial charge in [0.1, 0.15) is 10.5 Å². The van der Waals surface area contributed by atoms with E-state index in [1.807, 2.05) is 15.8 Å². The maximum absolute atomic E-state index is 12.3. The first kappa shape index (κ1) is 17.6. The van der Waals surface area contributed by atoms with Gasteiger partial charge in [-0.15, -0.1) is 21.5 Å². The van der Waals surface area contributed by atoms with E-state index >= 15 is 0 Å². The van der Waals surface area contributed by atoms with Crippen LogP contribution in [-0.2, 0) is 18.3 Å². The zero-order valence-electron chi connectivity index (χ0n) is 14.8. The molecular formula is C17H23N5O2S. The molecule has 1 amide bonds. The van der Waals surface area contributed by atoms with Crippen LogP contribution in [-0.4, -0.2) is 31.6 Å². The SMILES string of the molecule is CC(C)CCNC(=O)CCCc1nnc2n(C)c(=O)c3sccc3n12. The quantitative estimate of drug-likeness (QED) is 0.699. The van der Waals surface area contributed by atoms with Crippen molar-refractivity contribution >= 4 is 33.2 Å². The summed E-state index contributed by atoms with van der Waals surface area (Å²) in [6.45, 7) is 5.00. The Balaban J connectivity index is 1.71. The first-order valence-corrected chi connectivity index (χ1v) is 9.44. The zero-order chi connectivity index (χ0) is 18.0. The highest BCUT2D eigenvalue weighted by Gasteiger charge is 2.15. The maximum atomic E-state index is 12.3. The molecule has 0 aliphatic heterocycles. The van der Waals surface area contributed by atoms with Crippen molar-refractivity contribution in [1.82, 2.24) is 24.5 Å². The van der Waals surface area contributed by atoms with Crippen LogP contribution in [0.5, 0.6) is 0 Å². The van der Waals surface area contributed by atoms with Gasteiger partial charge in [0.05, 0.1) is 5.52 Å². The van der Waals surface area contributed by atoms with Gasteiger partial charge in [-0.3, -0.25) is 18.6 Å². The number of nitrogens with one attached hydrogen (secondary N) is 1. The van der Waals surface area contributed by atoms with Gasteiger partial charge in [0, 0.05) is 26.4 Å². The summed E-state index contributed by atoms with van der Waals surface area (Å²) in [5.74, 6) is 1.97. The molecule has 0 fully saturated rings. The van der Waals surface area contributed by atoms with Gasteiger partial charge < -0.3 is 5.32 Å². The van der Waals surface area contributed by atoms with E-state index in [9.17, 15) is 9.59 Å². The van der Waals surface area contributed by atoms with E-state index in [0.717, 1.165) is 24.3 Å². The number of carbonyl (C=O) groups excluding carboxylic acids is 1. The summed E-state index contributed by atoms with van der Waals surface area (Å²) < 4.78 is 4.14. The Morgan fingerprint density at radius 3 is 2.92 bits per heavy atom. The largest absolute Gasteiger partial charge is 0.356 e. The third kappa shape index (κ3) is 3.58. The van der Waals surface area contributed by atoms with Crippen molar-refractivity contribution in [3.8, 4) is 0 Å². The zero-order valence-corrected chi connectivity index (χ0v) is 15.6. The monoisotopic (exact) mass is 361 g/mol. The highest BCUT2D eigenvalue weighted by atomic mass is 32.1. The van der Waals surface area contributed by atoms with Gasteiger partial charge in [-0.05, 0) is 30.2 Å². The number of rotatable bonds is 7. The Hall–Kier alpha value is -2.22. The number of amides is 1. The van der Waals surface area contributed by atoms with Crippen LogP contribution in [0.25, 0.3) is 16.0 Å². The number of nitrogens with zero attached hydrogens (tertiary/aromatic N) is 4. The lowest BCUT2D eigenvalue weighted by atomic mass is 10.1. The molecular weight excluding hydrogens is 338 g/mol. The second-order valence-electron chi connectivity index (χ2n) is 6.64.